The minimum Gasteiger partial charge on any atom is -0.507 e. The summed E-state index contributed by atoms with van der Waals surface area (Å²) in [5.41, 5.74) is 1.47. The zero-order valence-electron chi connectivity index (χ0n) is 16.1. The molecule has 3 aromatic rings. The minimum absolute atomic E-state index is 0.126. The van der Waals surface area contributed by atoms with Crippen LogP contribution in [0.2, 0.25) is 0 Å². The van der Waals surface area contributed by atoms with E-state index in [0.717, 1.165) is 10.4 Å². The Balaban J connectivity index is 1.93. The minimum atomic E-state index is -0.575. The first-order valence-electron chi connectivity index (χ1n) is 9.12. The van der Waals surface area contributed by atoms with Gasteiger partial charge in [0.25, 0.3) is 5.56 Å². The van der Waals surface area contributed by atoms with Crippen molar-refractivity contribution < 1.29 is 14.6 Å². The highest BCUT2D eigenvalue weighted by Gasteiger charge is 2.33. The predicted octanol–water partition coefficient (Wildman–Crippen LogP) is 3.33. The summed E-state index contributed by atoms with van der Waals surface area (Å²) in [6, 6.07) is 8.24. The Hall–Kier alpha value is -2.49. The predicted molar refractivity (Wildman–Crippen MR) is 121 cm³/mol. The Morgan fingerprint density at radius 1 is 1.40 bits per heavy atom. The van der Waals surface area contributed by atoms with Crippen LogP contribution in [0.15, 0.2) is 61.2 Å². The average Bonchev–Trinajstić information content (AvgIpc) is 3.33. The van der Waals surface area contributed by atoms with E-state index in [4.69, 9.17) is 4.74 Å². The second kappa shape index (κ2) is 8.33. The van der Waals surface area contributed by atoms with Crippen molar-refractivity contribution in [3.05, 3.63) is 81.6 Å². The molecule has 6 nitrogen and oxygen atoms in total. The van der Waals surface area contributed by atoms with Gasteiger partial charge in [0, 0.05) is 4.88 Å². The van der Waals surface area contributed by atoms with Crippen LogP contribution in [0, 0.1) is 0 Å². The number of aromatic nitrogens is 1. The molecule has 0 bridgehead atoms. The van der Waals surface area contributed by atoms with E-state index in [0.29, 0.717) is 25.1 Å². The number of carbonyl (C=O) groups excluding carboxylic acids is 1. The molecule has 0 saturated heterocycles. The maximum absolute atomic E-state index is 13.4. The van der Waals surface area contributed by atoms with E-state index in [9.17, 15) is 14.7 Å². The van der Waals surface area contributed by atoms with Crippen molar-refractivity contribution in [3.63, 3.8) is 0 Å². The van der Waals surface area contributed by atoms with E-state index in [1.807, 2.05) is 17.5 Å². The lowest BCUT2D eigenvalue weighted by Crippen LogP contribution is -2.39. The Morgan fingerprint density at radius 2 is 2.20 bits per heavy atom. The van der Waals surface area contributed by atoms with Crippen molar-refractivity contribution in [3.8, 4) is 5.75 Å². The number of carbonyl (C=O) groups is 1. The molecule has 2 aromatic heterocycles. The first-order chi connectivity index (χ1) is 14.4. The number of fused-ring (bicyclic) bond motifs is 1. The maximum atomic E-state index is 13.4. The van der Waals surface area contributed by atoms with Crippen LogP contribution in [0.5, 0.6) is 5.75 Å². The first-order valence-corrected chi connectivity index (χ1v) is 11.6. The van der Waals surface area contributed by atoms with Gasteiger partial charge in [-0.25, -0.2) is 9.79 Å². The van der Waals surface area contributed by atoms with E-state index in [-0.39, 0.29) is 17.9 Å². The lowest BCUT2D eigenvalue weighted by Gasteiger charge is -2.23. The lowest BCUT2D eigenvalue weighted by atomic mass is 10.0. The summed E-state index contributed by atoms with van der Waals surface area (Å²) in [7, 11) is 0. The molecule has 0 fully saturated rings. The van der Waals surface area contributed by atoms with Gasteiger partial charge in [-0.3, -0.25) is 9.36 Å². The number of esters is 1. The highest BCUT2D eigenvalue weighted by molar-refractivity contribution is 9.10. The molecule has 9 heteroatoms. The maximum Gasteiger partial charge on any atom is 0.338 e. The van der Waals surface area contributed by atoms with Gasteiger partial charge in [0.2, 0.25) is 0 Å². The molecule has 3 heterocycles. The van der Waals surface area contributed by atoms with Crippen LogP contribution in [0.25, 0.3) is 6.08 Å². The molecule has 0 amide bonds. The number of benzene rings is 1. The Bertz CT molecular complexity index is 1340. The quantitative estimate of drug-likeness (QED) is 0.552. The Labute approximate surface area is 188 Å². The molecule has 0 unspecified atom stereocenters. The molecule has 0 radical (unpaired) electrons. The van der Waals surface area contributed by atoms with Crippen molar-refractivity contribution in [2.75, 3.05) is 6.61 Å². The number of phenols is 1. The van der Waals surface area contributed by atoms with Crippen molar-refractivity contribution in [2.45, 2.75) is 19.9 Å². The fraction of sp³-hybridized carbons (Fsp3) is 0.190. The summed E-state index contributed by atoms with van der Waals surface area (Å²) in [6.45, 7) is 3.76. The highest BCUT2D eigenvalue weighted by Crippen LogP contribution is 2.33. The second-order valence-corrected chi connectivity index (χ2v) is 9.37. The number of halogens is 1. The van der Waals surface area contributed by atoms with Crippen molar-refractivity contribution in [1.82, 2.24) is 4.57 Å². The summed E-state index contributed by atoms with van der Waals surface area (Å²) in [5.74, 6) is -0.338. The zero-order chi connectivity index (χ0) is 21.4. The van der Waals surface area contributed by atoms with E-state index in [1.165, 1.54) is 22.7 Å². The average molecular weight is 505 g/mol. The number of hydrogen-bond acceptors (Lipinski definition) is 7. The molecule has 1 N–H and O–H groups in total. The number of thiazole rings is 1. The molecule has 4 rings (SSSR count). The monoisotopic (exact) mass is 504 g/mol. The summed E-state index contributed by atoms with van der Waals surface area (Å²) in [6.07, 6.45) is 1.75. The van der Waals surface area contributed by atoms with E-state index in [2.05, 4.69) is 20.9 Å². The summed E-state index contributed by atoms with van der Waals surface area (Å²) in [4.78, 5) is 32.0. The second-order valence-electron chi connectivity index (χ2n) is 6.53. The Kier molecular flexibility index (Phi) is 5.77. The Morgan fingerprint density at radius 3 is 2.87 bits per heavy atom. The number of phenolic OH excluding ortho intramolecular Hbond substituents is 1. The third kappa shape index (κ3) is 3.68. The molecule has 1 atom stereocenters. The van der Waals surface area contributed by atoms with Crippen LogP contribution >= 0.6 is 38.6 Å². The van der Waals surface area contributed by atoms with Gasteiger partial charge in [0.1, 0.15) is 11.8 Å². The van der Waals surface area contributed by atoms with E-state index in [1.54, 1.807) is 42.7 Å². The van der Waals surface area contributed by atoms with E-state index < -0.39 is 12.0 Å². The molecular formula is C21H17BrN2O4S2. The van der Waals surface area contributed by atoms with Crippen LogP contribution < -0.4 is 14.9 Å². The molecular weight excluding hydrogens is 488 g/mol. The molecule has 1 aliphatic heterocycles. The van der Waals surface area contributed by atoms with Gasteiger partial charge in [-0.05, 0) is 65.0 Å². The largest absolute Gasteiger partial charge is 0.507 e. The summed E-state index contributed by atoms with van der Waals surface area (Å²) < 4.78 is 7.86. The van der Waals surface area contributed by atoms with Crippen molar-refractivity contribution in [1.29, 1.82) is 0 Å². The van der Waals surface area contributed by atoms with Crippen LogP contribution in [0.3, 0.4) is 0 Å². The van der Waals surface area contributed by atoms with Gasteiger partial charge in [0.05, 0.1) is 26.9 Å². The molecule has 30 heavy (non-hydrogen) atoms. The SMILES string of the molecule is CCOC(=O)C1=C(C)N=c2s/c(=C\c3ccc(O)c(Br)c3)c(=O)n2[C@H]1c1cccs1. The standard InChI is InChI=1S/C21H17BrN2O4S2/c1-3-28-20(27)17-11(2)23-21-24(18(17)15-5-4-8-29-15)19(26)16(30-21)10-12-6-7-14(25)13(22)9-12/h4-10,18,25H,3H2,1-2H3/b16-10-/t18-/m0/s1. The van der Waals surface area contributed by atoms with Gasteiger partial charge in [-0.15, -0.1) is 11.3 Å². The number of allylic oxidation sites excluding steroid dienone is 1. The normalized spacial score (nSPS) is 16.4. The molecule has 0 saturated carbocycles. The van der Waals surface area contributed by atoms with Gasteiger partial charge < -0.3 is 9.84 Å². The van der Waals surface area contributed by atoms with Crippen LogP contribution in [0.4, 0.5) is 0 Å². The van der Waals surface area contributed by atoms with Gasteiger partial charge >= 0.3 is 5.97 Å². The van der Waals surface area contributed by atoms with Crippen molar-refractivity contribution in [2.24, 2.45) is 4.99 Å². The number of ether oxygens (including phenoxy) is 1. The summed E-state index contributed by atoms with van der Waals surface area (Å²) in [5, 5.41) is 11.6. The zero-order valence-corrected chi connectivity index (χ0v) is 19.3. The first kappa shape index (κ1) is 20.8. The van der Waals surface area contributed by atoms with Crippen LogP contribution in [-0.2, 0) is 9.53 Å². The van der Waals surface area contributed by atoms with Crippen LogP contribution in [0.1, 0.15) is 30.3 Å². The number of aromatic hydroxyl groups is 1. The van der Waals surface area contributed by atoms with Crippen molar-refractivity contribution >= 4 is 50.6 Å². The molecule has 0 spiro atoms. The number of nitrogens with zero attached hydrogens (tertiary/aromatic N) is 2. The van der Waals surface area contributed by atoms with Gasteiger partial charge in [0.15, 0.2) is 4.80 Å². The molecule has 1 aliphatic rings. The third-order valence-corrected chi connectivity index (χ3v) is 7.14. The third-order valence-electron chi connectivity index (χ3n) is 4.60. The molecule has 0 aliphatic carbocycles. The number of hydrogen-bond donors (Lipinski definition) is 1. The van der Waals surface area contributed by atoms with E-state index >= 15 is 0 Å². The number of rotatable bonds is 4. The lowest BCUT2D eigenvalue weighted by molar-refractivity contribution is -0.139. The number of thiophene rings is 1. The fourth-order valence-corrected chi connectivity index (χ4v) is 5.54. The van der Waals surface area contributed by atoms with Gasteiger partial charge in [-0.1, -0.05) is 23.5 Å². The summed E-state index contributed by atoms with van der Waals surface area (Å²) >= 11 is 6.04. The topological polar surface area (TPSA) is 80.9 Å². The van der Waals surface area contributed by atoms with Gasteiger partial charge in [-0.2, -0.15) is 0 Å². The molecule has 1 aromatic carbocycles. The smallest absolute Gasteiger partial charge is 0.338 e. The fourth-order valence-electron chi connectivity index (χ4n) is 3.27. The highest BCUT2D eigenvalue weighted by atomic mass is 79.9. The van der Waals surface area contributed by atoms with Crippen LogP contribution in [-0.4, -0.2) is 22.2 Å². The molecule has 154 valence electrons.